The number of aliphatic hydroxyl groups excluding tert-OH is 1. The summed E-state index contributed by atoms with van der Waals surface area (Å²) in [5.41, 5.74) is 6.00. The molecule has 0 bridgehead atoms. The molecule has 3 unspecified atom stereocenters. The van der Waals surface area contributed by atoms with E-state index >= 15 is 0 Å². The Kier molecular flexibility index (Phi) is 6.50. The van der Waals surface area contributed by atoms with Crippen LogP contribution in [0.5, 0.6) is 0 Å². The smallest absolute Gasteiger partial charge is 0.0608 e. The molecule has 0 spiro atoms. The Morgan fingerprint density at radius 3 is 2.71 bits per heavy atom. The van der Waals surface area contributed by atoms with Crippen molar-refractivity contribution in [2.24, 2.45) is 17.1 Å². The Bertz CT molecular complexity index is 207. The van der Waals surface area contributed by atoms with Crippen LogP contribution < -0.4 is 5.73 Å². The summed E-state index contributed by atoms with van der Waals surface area (Å²) in [6, 6.07) is 0. The van der Waals surface area contributed by atoms with Crippen molar-refractivity contribution in [2.75, 3.05) is 6.54 Å². The molecule has 0 aliphatic heterocycles. The fraction of sp³-hybridized carbons (Fsp3) is 1.00. The van der Waals surface area contributed by atoms with Gasteiger partial charge in [-0.1, -0.05) is 52.4 Å². The van der Waals surface area contributed by atoms with E-state index in [1.807, 2.05) is 0 Å². The average Bonchev–Trinajstić information content (AvgIpc) is 2.34. The van der Waals surface area contributed by atoms with Crippen LogP contribution in [0.15, 0.2) is 0 Å². The SMILES string of the molecule is CCCCCCC(O)C1(CN)CCCC(C)C1. The van der Waals surface area contributed by atoms with Crippen LogP contribution in [0.1, 0.15) is 71.6 Å². The van der Waals surface area contributed by atoms with Gasteiger partial charge in [0.1, 0.15) is 0 Å². The van der Waals surface area contributed by atoms with Gasteiger partial charge in [-0.15, -0.1) is 0 Å². The minimum Gasteiger partial charge on any atom is -0.393 e. The summed E-state index contributed by atoms with van der Waals surface area (Å²) in [6.07, 6.45) is 10.5. The van der Waals surface area contributed by atoms with Crippen molar-refractivity contribution in [3.05, 3.63) is 0 Å². The highest BCUT2D eigenvalue weighted by Gasteiger charge is 2.39. The molecule has 1 saturated carbocycles. The van der Waals surface area contributed by atoms with E-state index in [0.717, 1.165) is 31.6 Å². The van der Waals surface area contributed by atoms with Crippen LogP contribution in [0.2, 0.25) is 0 Å². The van der Waals surface area contributed by atoms with Crippen LogP contribution in [0.3, 0.4) is 0 Å². The maximum Gasteiger partial charge on any atom is 0.0608 e. The minimum atomic E-state index is -0.174. The Morgan fingerprint density at radius 1 is 1.35 bits per heavy atom. The molecule has 2 heteroatoms. The number of rotatable bonds is 7. The summed E-state index contributed by atoms with van der Waals surface area (Å²) in [5.74, 6) is 0.734. The number of hydrogen-bond acceptors (Lipinski definition) is 2. The van der Waals surface area contributed by atoms with Gasteiger partial charge in [-0.3, -0.25) is 0 Å². The van der Waals surface area contributed by atoms with Gasteiger partial charge in [-0.25, -0.2) is 0 Å². The second-order valence-electron chi connectivity index (χ2n) is 6.13. The first-order valence-electron chi connectivity index (χ1n) is 7.52. The fourth-order valence-electron chi connectivity index (χ4n) is 3.40. The van der Waals surface area contributed by atoms with E-state index in [1.165, 1.54) is 32.1 Å². The lowest BCUT2D eigenvalue weighted by atomic mass is 9.66. The fourth-order valence-corrected chi connectivity index (χ4v) is 3.40. The van der Waals surface area contributed by atoms with E-state index in [4.69, 9.17) is 5.73 Å². The molecule has 3 atom stereocenters. The molecule has 0 aromatic carbocycles. The van der Waals surface area contributed by atoms with Crippen LogP contribution in [0.25, 0.3) is 0 Å². The molecule has 0 amide bonds. The average molecular weight is 241 g/mol. The second kappa shape index (κ2) is 7.38. The molecule has 1 aliphatic rings. The lowest BCUT2D eigenvalue weighted by molar-refractivity contribution is -0.0172. The van der Waals surface area contributed by atoms with Crippen molar-refractivity contribution in [3.8, 4) is 0 Å². The predicted octanol–water partition coefficient (Wildman–Crippen LogP) is 3.47. The first kappa shape index (κ1) is 15.0. The van der Waals surface area contributed by atoms with Crippen LogP contribution in [-0.4, -0.2) is 17.8 Å². The van der Waals surface area contributed by atoms with Gasteiger partial charge in [0, 0.05) is 12.0 Å². The standard InChI is InChI=1S/C15H31NO/c1-3-4-5-6-9-14(17)15(12-16)10-7-8-13(2)11-15/h13-14,17H,3-12,16H2,1-2H3. The third-order valence-electron chi connectivity index (χ3n) is 4.57. The van der Waals surface area contributed by atoms with Gasteiger partial charge in [0.05, 0.1) is 6.10 Å². The van der Waals surface area contributed by atoms with Crippen LogP contribution >= 0.6 is 0 Å². The van der Waals surface area contributed by atoms with Gasteiger partial charge >= 0.3 is 0 Å². The van der Waals surface area contributed by atoms with Crippen molar-refractivity contribution >= 4 is 0 Å². The molecular weight excluding hydrogens is 210 g/mol. The molecular formula is C15H31NO. The molecule has 1 fully saturated rings. The molecule has 0 heterocycles. The predicted molar refractivity (Wildman–Crippen MR) is 73.9 cm³/mol. The normalized spacial score (nSPS) is 31.4. The molecule has 17 heavy (non-hydrogen) atoms. The van der Waals surface area contributed by atoms with Crippen molar-refractivity contribution < 1.29 is 5.11 Å². The van der Waals surface area contributed by atoms with Crippen LogP contribution in [-0.2, 0) is 0 Å². The van der Waals surface area contributed by atoms with Gasteiger partial charge in [-0.05, 0) is 25.2 Å². The van der Waals surface area contributed by atoms with E-state index in [0.29, 0.717) is 6.54 Å². The van der Waals surface area contributed by atoms with E-state index in [-0.39, 0.29) is 11.5 Å². The number of aliphatic hydroxyl groups is 1. The zero-order valence-electron chi connectivity index (χ0n) is 11.8. The monoisotopic (exact) mass is 241 g/mol. The lowest BCUT2D eigenvalue weighted by Crippen LogP contribution is -2.45. The van der Waals surface area contributed by atoms with E-state index < -0.39 is 0 Å². The van der Waals surface area contributed by atoms with Gasteiger partial charge < -0.3 is 10.8 Å². The summed E-state index contributed by atoms with van der Waals surface area (Å²) in [5, 5.41) is 10.5. The molecule has 0 aromatic rings. The third-order valence-corrected chi connectivity index (χ3v) is 4.57. The summed E-state index contributed by atoms with van der Waals surface area (Å²) >= 11 is 0. The molecule has 1 rings (SSSR count). The Morgan fingerprint density at radius 2 is 2.12 bits per heavy atom. The lowest BCUT2D eigenvalue weighted by Gasteiger charge is -2.43. The molecule has 3 N–H and O–H groups in total. The summed E-state index contributed by atoms with van der Waals surface area (Å²) in [7, 11) is 0. The van der Waals surface area contributed by atoms with E-state index in [2.05, 4.69) is 13.8 Å². The maximum absolute atomic E-state index is 10.5. The Hall–Kier alpha value is -0.0800. The molecule has 0 aromatic heterocycles. The quantitative estimate of drug-likeness (QED) is 0.670. The van der Waals surface area contributed by atoms with E-state index in [9.17, 15) is 5.11 Å². The Labute approximate surface area is 107 Å². The van der Waals surface area contributed by atoms with Crippen LogP contribution in [0, 0.1) is 11.3 Å². The summed E-state index contributed by atoms with van der Waals surface area (Å²) in [4.78, 5) is 0. The van der Waals surface area contributed by atoms with Gasteiger partial charge in [0.2, 0.25) is 0 Å². The highest BCUT2D eigenvalue weighted by atomic mass is 16.3. The maximum atomic E-state index is 10.5. The zero-order valence-corrected chi connectivity index (χ0v) is 11.8. The molecule has 1 aliphatic carbocycles. The van der Waals surface area contributed by atoms with Crippen LogP contribution in [0.4, 0.5) is 0 Å². The molecule has 2 nitrogen and oxygen atoms in total. The number of nitrogens with two attached hydrogens (primary N) is 1. The van der Waals surface area contributed by atoms with Gasteiger partial charge in [0.15, 0.2) is 0 Å². The first-order chi connectivity index (χ1) is 8.14. The summed E-state index contributed by atoms with van der Waals surface area (Å²) < 4.78 is 0. The minimum absolute atomic E-state index is 0.0316. The zero-order chi connectivity index (χ0) is 12.7. The molecule has 0 radical (unpaired) electrons. The largest absolute Gasteiger partial charge is 0.393 e. The highest BCUT2D eigenvalue weighted by molar-refractivity contribution is 4.91. The van der Waals surface area contributed by atoms with Gasteiger partial charge in [0.25, 0.3) is 0 Å². The topological polar surface area (TPSA) is 46.2 Å². The van der Waals surface area contributed by atoms with Crippen molar-refractivity contribution in [1.29, 1.82) is 0 Å². The van der Waals surface area contributed by atoms with Crippen molar-refractivity contribution in [2.45, 2.75) is 77.7 Å². The molecule has 102 valence electrons. The van der Waals surface area contributed by atoms with E-state index in [1.54, 1.807) is 0 Å². The second-order valence-corrected chi connectivity index (χ2v) is 6.13. The first-order valence-corrected chi connectivity index (χ1v) is 7.52. The third kappa shape index (κ3) is 4.26. The summed E-state index contributed by atoms with van der Waals surface area (Å²) in [6.45, 7) is 5.18. The van der Waals surface area contributed by atoms with Crippen molar-refractivity contribution in [1.82, 2.24) is 0 Å². The number of hydrogen-bond donors (Lipinski definition) is 2. The highest BCUT2D eigenvalue weighted by Crippen LogP contribution is 2.42. The van der Waals surface area contributed by atoms with Crippen molar-refractivity contribution in [3.63, 3.8) is 0 Å². The molecule has 0 saturated heterocycles. The number of unbranched alkanes of at least 4 members (excludes halogenated alkanes) is 3. The van der Waals surface area contributed by atoms with Gasteiger partial charge in [-0.2, -0.15) is 0 Å². The Balaban J connectivity index is 2.41.